The van der Waals surface area contributed by atoms with Crippen molar-refractivity contribution in [1.82, 2.24) is 0 Å². The van der Waals surface area contributed by atoms with Crippen LogP contribution in [0.5, 0.6) is 11.5 Å². The molecule has 3 rings (SSSR count). The summed E-state index contributed by atoms with van der Waals surface area (Å²) < 4.78 is 10.7. The van der Waals surface area contributed by atoms with Crippen LogP contribution in [0.4, 0.5) is 17.1 Å². The lowest BCUT2D eigenvalue weighted by Crippen LogP contribution is -2.17. The fraction of sp³-hybridized carbons (Fsp3) is 0.200. The molecule has 0 radical (unpaired) electrons. The molecule has 8 heteroatoms. The summed E-state index contributed by atoms with van der Waals surface area (Å²) >= 11 is 0. The molecule has 0 aromatic heterocycles. The highest BCUT2D eigenvalue weighted by molar-refractivity contribution is 6.02. The monoisotopic (exact) mass is 448 g/mol. The molecular formula is C25H28N4O4. The summed E-state index contributed by atoms with van der Waals surface area (Å²) in [5, 5.41) is 23.6. The van der Waals surface area contributed by atoms with E-state index in [4.69, 9.17) is 25.6 Å². The van der Waals surface area contributed by atoms with Crippen LogP contribution in [0.1, 0.15) is 21.5 Å². The first-order valence-corrected chi connectivity index (χ1v) is 10.2. The van der Waals surface area contributed by atoms with Crippen molar-refractivity contribution in [2.24, 2.45) is 5.73 Å². The summed E-state index contributed by atoms with van der Waals surface area (Å²) in [6.45, 7) is 2.14. The zero-order valence-corrected chi connectivity index (χ0v) is 18.9. The molecule has 8 nitrogen and oxygen atoms in total. The lowest BCUT2D eigenvalue weighted by Gasteiger charge is -2.18. The van der Waals surface area contributed by atoms with Gasteiger partial charge in [0.15, 0.2) is 11.5 Å². The number of nitrogens with one attached hydrogen (secondary N) is 2. The Labute approximate surface area is 193 Å². The molecule has 0 heterocycles. The smallest absolute Gasteiger partial charge is 0.250 e. The molecule has 0 unspecified atom stereocenters. The molecule has 0 aliphatic heterocycles. The van der Waals surface area contributed by atoms with E-state index in [0.717, 1.165) is 11.3 Å². The number of aliphatic hydroxyl groups excluding tert-OH is 1. The third-order valence-corrected chi connectivity index (χ3v) is 4.59. The van der Waals surface area contributed by atoms with Gasteiger partial charge in [-0.05, 0) is 42.8 Å². The average molecular weight is 449 g/mol. The minimum absolute atomic E-state index is 0.0675. The molecule has 0 spiro atoms. The van der Waals surface area contributed by atoms with Crippen LogP contribution in [0.3, 0.4) is 0 Å². The van der Waals surface area contributed by atoms with Gasteiger partial charge in [-0.15, -0.1) is 0 Å². The summed E-state index contributed by atoms with van der Waals surface area (Å²) in [4.78, 5) is 11.7. The van der Waals surface area contributed by atoms with Crippen molar-refractivity contribution in [2.75, 3.05) is 38.0 Å². The van der Waals surface area contributed by atoms with Crippen molar-refractivity contribution in [2.45, 2.75) is 6.92 Å². The third kappa shape index (κ3) is 6.89. The maximum absolute atomic E-state index is 11.7. The molecule has 0 bridgehead atoms. The second-order valence-electron chi connectivity index (χ2n) is 6.87. The Balaban J connectivity index is 0.000000405. The number of carbonyl (C=O) groups excluding carboxylic acids is 1. The number of methoxy groups -OCH3 is 2. The summed E-state index contributed by atoms with van der Waals surface area (Å²) in [7, 11) is 3.16. The number of nitrogens with zero attached hydrogens (tertiary/aromatic N) is 1. The maximum atomic E-state index is 11.7. The molecule has 0 aliphatic rings. The Morgan fingerprint density at radius 3 is 2.36 bits per heavy atom. The van der Waals surface area contributed by atoms with Crippen LogP contribution in [0, 0.1) is 18.3 Å². The van der Waals surface area contributed by atoms with Crippen LogP contribution in [0.25, 0.3) is 0 Å². The molecule has 0 saturated heterocycles. The van der Waals surface area contributed by atoms with Crippen LogP contribution in [0.2, 0.25) is 0 Å². The van der Waals surface area contributed by atoms with Gasteiger partial charge < -0.3 is 30.9 Å². The van der Waals surface area contributed by atoms with E-state index in [1.165, 1.54) is 0 Å². The SMILES string of the molecule is COc1cc(Nc2cccc(C(N)=O)c2NCCO)cc(C)c1OC.N#Cc1ccccc1. The average Bonchev–Trinajstić information content (AvgIpc) is 2.83. The summed E-state index contributed by atoms with van der Waals surface area (Å²) in [6, 6.07) is 20.1. The molecule has 0 atom stereocenters. The molecule has 1 amide bonds. The number of carbonyl (C=O) groups is 1. The Hall–Kier alpha value is -4.22. The Bertz CT molecular complexity index is 1110. The van der Waals surface area contributed by atoms with Gasteiger partial charge in [-0.2, -0.15) is 5.26 Å². The molecule has 5 N–H and O–H groups in total. The number of hydrogen-bond donors (Lipinski definition) is 4. The topological polar surface area (TPSA) is 130 Å². The fourth-order valence-electron chi connectivity index (χ4n) is 3.13. The van der Waals surface area contributed by atoms with Crippen molar-refractivity contribution in [3.8, 4) is 17.6 Å². The first-order valence-electron chi connectivity index (χ1n) is 10.2. The highest BCUT2D eigenvalue weighted by atomic mass is 16.5. The van der Waals surface area contributed by atoms with Gasteiger partial charge in [0.1, 0.15) is 0 Å². The lowest BCUT2D eigenvalue weighted by molar-refractivity contribution is 0.100. The minimum Gasteiger partial charge on any atom is -0.493 e. The van der Waals surface area contributed by atoms with E-state index in [1.807, 2.05) is 43.3 Å². The number of para-hydroxylation sites is 1. The first-order chi connectivity index (χ1) is 15.9. The molecular weight excluding hydrogens is 420 g/mol. The van der Waals surface area contributed by atoms with Crippen molar-refractivity contribution in [1.29, 1.82) is 5.26 Å². The van der Waals surface area contributed by atoms with Gasteiger partial charge in [0.2, 0.25) is 0 Å². The second-order valence-corrected chi connectivity index (χ2v) is 6.87. The van der Waals surface area contributed by atoms with Gasteiger partial charge in [0.25, 0.3) is 5.91 Å². The number of aryl methyl sites for hydroxylation is 1. The van der Waals surface area contributed by atoms with Crippen LogP contribution in [-0.4, -0.2) is 38.4 Å². The van der Waals surface area contributed by atoms with Crippen LogP contribution in [0.15, 0.2) is 60.7 Å². The predicted octanol–water partition coefficient (Wildman–Crippen LogP) is 3.82. The molecule has 0 saturated carbocycles. The van der Waals surface area contributed by atoms with E-state index in [0.29, 0.717) is 40.5 Å². The predicted molar refractivity (Wildman–Crippen MR) is 129 cm³/mol. The summed E-state index contributed by atoms with van der Waals surface area (Å²) in [5.74, 6) is 0.714. The van der Waals surface area contributed by atoms with Crippen LogP contribution >= 0.6 is 0 Å². The van der Waals surface area contributed by atoms with Crippen molar-refractivity contribution >= 4 is 23.0 Å². The number of ether oxygens (including phenoxy) is 2. The zero-order valence-electron chi connectivity index (χ0n) is 18.9. The Morgan fingerprint density at radius 1 is 1.09 bits per heavy atom. The number of nitrogens with two attached hydrogens (primary N) is 1. The first kappa shape index (κ1) is 25.0. The van der Waals surface area contributed by atoms with Gasteiger partial charge >= 0.3 is 0 Å². The highest BCUT2D eigenvalue weighted by Gasteiger charge is 2.14. The molecule has 0 fully saturated rings. The normalized spacial score (nSPS) is 9.67. The van der Waals surface area contributed by atoms with Gasteiger partial charge in [-0.25, -0.2) is 0 Å². The Morgan fingerprint density at radius 2 is 1.82 bits per heavy atom. The molecule has 3 aromatic carbocycles. The van der Waals surface area contributed by atoms with E-state index < -0.39 is 5.91 Å². The fourth-order valence-corrected chi connectivity index (χ4v) is 3.13. The summed E-state index contributed by atoms with van der Waals surface area (Å²) in [5.41, 5.74) is 9.38. The Kier molecular flexibility index (Phi) is 9.55. The second kappa shape index (κ2) is 12.6. The van der Waals surface area contributed by atoms with E-state index in [1.54, 1.807) is 44.6 Å². The van der Waals surface area contributed by atoms with Crippen LogP contribution in [-0.2, 0) is 0 Å². The molecule has 0 aliphatic carbocycles. The third-order valence-electron chi connectivity index (χ3n) is 4.59. The molecule has 172 valence electrons. The number of aliphatic hydroxyl groups is 1. The van der Waals surface area contributed by atoms with E-state index in [-0.39, 0.29) is 6.61 Å². The van der Waals surface area contributed by atoms with Gasteiger partial charge in [-0.3, -0.25) is 4.79 Å². The van der Waals surface area contributed by atoms with Gasteiger partial charge in [0, 0.05) is 18.3 Å². The number of primary amides is 1. The largest absolute Gasteiger partial charge is 0.493 e. The van der Waals surface area contributed by atoms with Crippen LogP contribution < -0.4 is 25.8 Å². The van der Waals surface area contributed by atoms with Crippen molar-refractivity contribution < 1.29 is 19.4 Å². The number of anilines is 3. The van der Waals surface area contributed by atoms with Gasteiger partial charge in [0.05, 0.1) is 49.4 Å². The minimum atomic E-state index is -0.549. The number of amides is 1. The number of rotatable bonds is 8. The molecule has 33 heavy (non-hydrogen) atoms. The molecule has 3 aromatic rings. The van der Waals surface area contributed by atoms with Gasteiger partial charge in [-0.1, -0.05) is 24.3 Å². The summed E-state index contributed by atoms with van der Waals surface area (Å²) in [6.07, 6.45) is 0. The maximum Gasteiger partial charge on any atom is 0.250 e. The lowest BCUT2D eigenvalue weighted by atomic mass is 10.1. The van der Waals surface area contributed by atoms with E-state index in [9.17, 15) is 4.79 Å². The zero-order chi connectivity index (χ0) is 24.2. The highest BCUT2D eigenvalue weighted by Crippen LogP contribution is 2.36. The standard InChI is InChI=1S/C18H23N3O4.C7H5N/c1-11-9-12(10-15(24-2)17(11)25-3)21-14-6-4-5-13(18(19)23)16(14)20-7-8-22;8-6-7-4-2-1-3-5-7/h4-6,9-10,20-22H,7-8H2,1-3H3,(H2,19,23);1-5H. The quantitative estimate of drug-likeness (QED) is 0.412. The number of nitriles is 1. The number of hydrogen-bond acceptors (Lipinski definition) is 7. The van der Waals surface area contributed by atoms with Crippen molar-refractivity contribution in [3.63, 3.8) is 0 Å². The van der Waals surface area contributed by atoms with E-state index >= 15 is 0 Å². The number of benzene rings is 3. The van der Waals surface area contributed by atoms with E-state index in [2.05, 4.69) is 10.6 Å². The van der Waals surface area contributed by atoms with Crippen molar-refractivity contribution in [3.05, 3.63) is 77.4 Å².